The minimum Gasteiger partial charge on any atom is -0.490 e. The van der Waals surface area contributed by atoms with E-state index in [-0.39, 0.29) is 29.7 Å². The second kappa shape index (κ2) is 11.5. The van der Waals surface area contributed by atoms with Crippen LogP contribution in [0.5, 0.6) is 5.75 Å². The van der Waals surface area contributed by atoms with Crippen LogP contribution in [0.2, 0.25) is 0 Å². The van der Waals surface area contributed by atoms with Crippen molar-refractivity contribution in [3.05, 3.63) is 75.8 Å². The Kier molecular flexibility index (Phi) is 7.99. The molecule has 1 aliphatic heterocycles. The number of carbonyl (C=O) groups excluding carboxylic acids is 2. The number of ether oxygens (including phenoxy) is 2. The number of nitro groups is 1. The smallest absolute Gasteiger partial charge is 0.310 e. The average molecular weight is 505 g/mol. The van der Waals surface area contributed by atoms with Gasteiger partial charge in [-0.25, -0.2) is 0 Å². The van der Waals surface area contributed by atoms with Gasteiger partial charge in [0.25, 0.3) is 5.91 Å². The van der Waals surface area contributed by atoms with Gasteiger partial charge in [0.1, 0.15) is 0 Å². The van der Waals surface area contributed by atoms with Crippen molar-refractivity contribution in [2.75, 3.05) is 37.5 Å². The Labute approximate surface area is 214 Å². The van der Waals surface area contributed by atoms with Crippen molar-refractivity contribution in [2.45, 2.75) is 19.8 Å². The Hall–Kier alpha value is -4.44. The minimum absolute atomic E-state index is 0.118. The number of carbonyl (C=O) groups is 2. The van der Waals surface area contributed by atoms with Crippen molar-refractivity contribution in [3.8, 4) is 16.9 Å². The number of hydrogen-bond acceptors (Lipinski definition) is 7. The molecule has 1 aliphatic rings. The maximum absolute atomic E-state index is 12.9. The standard InChI is InChI=1S/C27H28N4O6/c1-3-11-37-12-10-28-26(32)14-17-4-8-21-23(13-17)29-22-15-18(5-7-20(22)27(33)30-21)19-6-9-24(31(34)35)25(16-19)36-2/h4-9,13,15-16,29H,3,10-12,14H2,1-2H3,(H,28,32)(H,30,33). The molecule has 0 fully saturated rings. The molecule has 10 heteroatoms. The zero-order valence-corrected chi connectivity index (χ0v) is 20.6. The summed E-state index contributed by atoms with van der Waals surface area (Å²) in [4.78, 5) is 35.9. The summed E-state index contributed by atoms with van der Waals surface area (Å²) in [6.07, 6.45) is 1.12. The Morgan fingerprint density at radius 1 is 0.973 bits per heavy atom. The topological polar surface area (TPSA) is 132 Å². The highest BCUT2D eigenvalue weighted by molar-refractivity contribution is 6.12. The second-order valence-electron chi connectivity index (χ2n) is 8.50. The van der Waals surface area contributed by atoms with E-state index in [1.54, 1.807) is 42.5 Å². The van der Waals surface area contributed by atoms with Crippen LogP contribution >= 0.6 is 0 Å². The van der Waals surface area contributed by atoms with E-state index in [9.17, 15) is 19.7 Å². The first kappa shape index (κ1) is 25.6. The molecule has 0 atom stereocenters. The van der Waals surface area contributed by atoms with Crippen LogP contribution in [0.25, 0.3) is 11.1 Å². The summed E-state index contributed by atoms with van der Waals surface area (Å²) in [5.41, 5.74) is 4.37. The Balaban J connectivity index is 1.55. The van der Waals surface area contributed by atoms with Crippen LogP contribution in [0, 0.1) is 10.1 Å². The normalized spacial score (nSPS) is 11.9. The lowest BCUT2D eigenvalue weighted by Gasteiger charge is -2.12. The predicted octanol–water partition coefficient (Wildman–Crippen LogP) is 4.67. The number of benzene rings is 3. The number of methoxy groups -OCH3 is 1. The summed E-state index contributed by atoms with van der Waals surface area (Å²) in [7, 11) is 1.38. The maximum Gasteiger partial charge on any atom is 0.310 e. The van der Waals surface area contributed by atoms with Crippen molar-refractivity contribution in [2.24, 2.45) is 0 Å². The van der Waals surface area contributed by atoms with Crippen molar-refractivity contribution in [1.29, 1.82) is 0 Å². The zero-order chi connectivity index (χ0) is 26.4. The van der Waals surface area contributed by atoms with E-state index >= 15 is 0 Å². The van der Waals surface area contributed by atoms with Gasteiger partial charge in [-0.1, -0.05) is 19.1 Å². The van der Waals surface area contributed by atoms with Crippen LogP contribution in [0.1, 0.15) is 29.3 Å². The number of nitro benzene ring substituents is 1. The van der Waals surface area contributed by atoms with Crippen molar-refractivity contribution in [1.82, 2.24) is 5.32 Å². The molecule has 2 amide bonds. The SMILES string of the molecule is CCCOCCNC(=O)Cc1ccc2c(c1)Nc1cc(-c3ccc([N+](=O)[O-])c(OC)c3)ccc1C(=O)N2. The zero-order valence-electron chi connectivity index (χ0n) is 20.6. The molecule has 192 valence electrons. The predicted molar refractivity (Wildman–Crippen MR) is 141 cm³/mol. The highest BCUT2D eigenvalue weighted by Crippen LogP contribution is 2.37. The third-order valence-corrected chi connectivity index (χ3v) is 5.86. The molecule has 3 aromatic rings. The highest BCUT2D eigenvalue weighted by atomic mass is 16.6. The fourth-order valence-electron chi connectivity index (χ4n) is 4.04. The largest absolute Gasteiger partial charge is 0.490 e. The van der Waals surface area contributed by atoms with E-state index in [2.05, 4.69) is 16.0 Å². The van der Waals surface area contributed by atoms with Crippen molar-refractivity contribution in [3.63, 3.8) is 0 Å². The summed E-state index contributed by atoms with van der Waals surface area (Å²) in [5, 5.41) is 20.3. The molecular formula is C27H28N4O6. The third kappa shape index (κ3) is 6.04. The Bertz CT molecular complexity index is 1340. The number of rotatable bonds is 10. The fraction of sp³-hybridized carbons (Fsp3) is 0.259. The van der Waals surface area contributed by atoms with E-state index in [1.165, 1.54) is 13.2 Å². The number of fused-ring (bicyclic) bond motifs is 2. The van der Waals surface area contributed by atoms with Gasteiger partial charge in [0.05, 0.1) is 47.7 Å². The van der Waals surface area contributed by atoms with Gasteiger partial charge >= 0.3 is 5.69 Å². The molecule has 4 rings (SSSR count). The molecule has 0 saturated heterocycles. The van der Waals surface area contributed by atoms with Crippen LogP contribution in [0.15, 0.2) is 54.6 Å². The van der Waals surface area contributed by atoms with E-state index in [0.29, 0.717) is 47.9 Å². The first-order valence-corrected chi connectivity index (χ1v) is 11.9. The molecule has 0 radical (unpaired) electrons. The third-order valence-electron chi connectivity index (χ3n) is 5.86. The summed E-state index contributed by atoms with van der Waals surface area (Å²) in [6, 6.07) is 15.3. The number of nitrogens with one attached hydrogen (secondary N) is 3. The van der Waals surface area contributed by atoms with Gasteiger partial charge in [0, 0.05) is 19.2 Å². The molecule has 37 heavy (non-hydrogen) atoms. The van der Waals surface area contributed by atoms with Gasteiger partial charge in [-0.05, 0) is 59.5 Å². The van der Waals surface area contributed by atoms with Gasteiger partial charge in [0.2, 0.25) is 5.91 Å². The van der Waals surface area contributed by atoms with Gasteiger partial charge < -0.3 is 25.4 Å². The maximum atomic E-state index is 12.9. The summed E-state index contributed by atoms with van der Waals surface area (Å²) in [6.45, 7) is 3.61. The van der Waals surface area contributed by atoms with Crippen LogP contribution in [0.4, 0.5) is 22.7 Å². The molecule has 0 aromatic heterocycles. The van der Waals surface area contributed by atoms with Crippen molar-refractivity contribution >= 4 is 34.6 Å². The van der Waals surface area contributed by atoms with Gasteiger partial charge in [0.15, 0.2) is 5.75 Å². The molecule has 0 unspecified atom stereocenters. The molecule has 0 bridgehead atoms. The van der Waals surface area contributed by atoms with Crippen LogP contribution in [-0.4, -0.2) is 43.6 Å². The van der Waals surface area contributed by atoms with E-state index in [1.807, 2.05) is 13.0 Å². The highest BCUT2D eigenvalue weighted by Gasteiger charge is 2.21. The summed E-state index contributed by atoms with van der Waals surface area (Å²) < 4.78 is 10.6. The van der Waals surface area contributed by atoms with Gasteiger partial charge in [-0.3, -0.25) is 19.7 Å². The molecule has 1 heterocycles. The monoisotopic (exact) mass is 504 g/mol. The minimum atomic E-state index is -0.499. The molecule has 3 aromatic carbocycles. The Morgan fingerprint density at radius 2 is 1.76 bits per heavy atom. The van der Waals surface area contributed by atoms with E-state index in [0.717, 1.165) is 17.5 Å². The van der Waals surface area contributed by atoms with Crippen LogP contribution in [-0.2, 0) is 16.0 Å². The summed E-state index contributed by atoms with van der Waals surface area (Å²) in [5.74, 6) is -0.243. The van der Waals surface area contributed by atoms with Gasteiger partial charge in [-0.2, -0.15) is 0 Å². The number of hydrogen-bond donors (Lipinski definition) is 3. The molecule has 0 aliphatic carbocycles. The average Bonchev–Trinajstić information content (AvgIpc) is 3.02. The molecule has 0 spiro atoms. The summed E-state index contributed by atoms with van der Waals surface area (Å²) >= 11 is 0. The van der Waals surface area contributed by atoms with Crippen LogP contribution < -0.4 is 20.7 Å². The molecule has 0 saturated carbocycles. The van der Waals surface area contributed by atoms with E-state index < -0.39 is 4.92 Å². The lowest BCUT2D eigenvalue weighted by atomic mass is 10.0. The Morgan fingerprint density at radius 3 is 2.51 bits per heavy atom. The quantitative estimate of drug-likeness (QED) is 0.208. The number of amides is 2. The lowest BCUT2D eigenvalue weighted by Crippen LogP contribution is -2.28. The second-order valence-corrected chi connectivity index (χ2v) is 8.50. The van der Waals surface area contributed by atoms with Crippen LogP contribution in [0.3, 0.4) is 0 Å². The fourth-order valence-corrected chi connectivity index (χ4v) is 4.04. The van der Waals surface area contributed by atoms with Gasteiger partial charge in [-0.15, -0.1) is 0 Å². The van der Waals surface area contributed by atoms with Crippen molar-refractivity contribution < 1.29 is 24.0 Å². The molecule has 10 nitrogen and oxygen atoms in total. The van der Waals surface area contributed by atoms with E-state index in [4.69, 9.17) is 9.47 Å². The first-order valence-electron chi connectivity index (χ1n) is 11.9. The molecular weight excluding hydrogens is 476 g/mol. The molecule has 3 N–H and O–H groups in total. The lowest BCUT2D eigenvalue weighted by molar-refractivity contribution is -0.385. The number of nitrogens with zero attached hydrogens (tertiary/aromatic N) is 1. The number of anilines is 3. The first-order chi connectivity index (χ1) is 17.9.